The molecule has 1 heterocycles. The fraction of sp³-hybridized carbons (Fsp3) is 1.00. The lowest BCUT2D eigenvalue weighted by molar-refractivity contribution is 0.0576. The van der Waals surface area contributed by atoms with Crippen LogP contribution in [0.25, 0.3) is 0 Å². The summed E-state index contributed by atoms with van der Waals surface area (Å²) in [6, 6.07) is 0.539. The van der Waals surface area contributed by atoms with Crippen LogP contribution in [0.2, 0.25) is 0 Å². The molecule has 25 heavy (non-hydrogen) atoms. The van der Waals surface area contributed by atoms with Crippen LogP contribution in [0.4, 0.5) is 0 Å². The topological polar surface area (TPSA) is 49.0 Å². The Labute approximate surface area is 155 Å². The van der Waals surface area contributed by atoms with E-state index in [4.69, 9.17) is 9.47 Å². The summed E-state index contributed by atoms with van der Waals surface area (Å²) < 4.78 is 11.4. The van der Waals surface area contributed by atoms with E-state index < -0.39 is 0 Å². The molecule has 2 N–H and O–H groups in total. The molecule has 0 bridgehead atoms. The lowest BCUT2D eigenvalue weighted by atomic mass is 10.2. The molecule has 0 saturated carbocycles. The summed E-state index contributed by atoms with van der Waals surface area (Å²) in [5.41, 5.74) is 0. The van der Waals surface area contributed by atoms with Gasteiger partial charge < -0.3 is 20.1 Å². The summed E-state index contributed by atoms with van der Waals surface area (Å²) in [6.07, 6.45) is 0. The molecule has 0 amide bonds. The third-order valence-corrected chi connectivity index (χ3v) is 4.34. The number of piperazine rings is 1. The maximum absolute atomic E-state index is 5.72. The highest BCUT2D eigenvalue weighted by Gasteiger charge is 2.15. The van der Waals surface area contributed by atoms with E-state index in [9.17, 15) is 0 Å². The number of hydrogen-bond donors (Lipinski definition) is 2. The van der Waals surface area contributed by atoms with E-state index in [1.165, 1.54) is 0 Å². The molecule has 0 unspecified atom stereocenters. The first-order valence-electron chi connectivity index (χ1n) is 10.1. The van der Waals surface area contributed by atoms with Crippen molar-refractivity contribution in [3.8, 4) is 0 Å². The van der Waals surface area contributed by atoms with Crippen LogP contribution in [-0.2, 0) is 9.47 Å². The van der Waals surface area contributed by atoms with Gasteiger partial charge >= 0.3 is 0 Å². The molecule has 0 radical (unpaired) electrons. The number of nitrogens with zero attached hydrogens (tertiary/aromatic N) is 2. The van der Waals surface area contributed by atoms with Gasteiger partial charge in [-0.05, 0) is 12.5 Å². The second-order valence-electron chi connectivity index (χ2n) is 7.61. The lowest BCUT2D eigenvalue weighted by Gasteiger charge is -2.34. The predicted molar refractivity (Wildman–Crippen MR) is 105 cm³/mol. The van der Waals surface area contributed by atoms with Gasteiger partial charge in [0, 0.05) is 58.4 Å². The van der Waals surface area contributed by atoms with Crippen molar-refractivity contribution in [2.75, 3.05) is 85.3 Å². The van der Waals surface area contributed by atoms with Crippen LogP contribution in [0.15, 0.2) is 0 Å². The van der Waals surface area contributed by atoms with Gasteiger partial charge in [-0.25, -0.2) is 0 Å². The molecule has 0 aromatic carbocycles. The minimum absolute atomic E-state index is 0.539. The standard InChI is InChI=1S/C19H42N4O2/c1-18(2)17-20-5-13-24-15-11-22-7-9-23(10-8-22)12-16-25-14-6-21-19(3)4/h18-21H,5-17H2,1-4H3. The Bertz CT molecular complexity index is 295. The molecular formula is C19H42N4O2. The van der Waals surface area contributed by atoms with Crippen LogP contribution in [0.1, 0.15) is 27.7 Å². The first-order chi connectivity index (χ1) is 12.1. The van der Waals surface area contributed by atoms with Gasteiger partial charge in [-0.2, -0.15) is 0 Å². The summed E-state index contributed by atoms with van der Waals surface area (Å²) in [5, 5.41) is 6.77. The number of nitrogens with one attached hydrogen (secondary N) is 2. The fourth-order valence-corrected chi connectivity index (χ4v) is 2.78. The summed E-state index contributed by atoms with van der Waals surface area (Å²) in [7, 11) is 0. The van der Waals surface area contributed by atoms with E-state index in [-0.39, 0.29) is 0 Å². The molecule has 150 valence electrons. The molecule has 1 aliphatic heterocycles. The quantitative estimate of drug-likeness (QED) is 0.424. The Morgan fingerprint density at radius 1 is 0.760 bits per heavy atom. The van der Waals surface area contributed by atoms with Gasteiger partial charge in [-0.1, -0.05) is 27.7 Å². The van der Waals surface area contributed by atoms with Gasteiger partial charge in [0.15, 0.2) is 0 Å². The monoisotopic (exact) mass is 358 g/mol. The average Bonchev–Trinajstić information content (AvgIpc) is 2.58. The molecule has 0 atom stereocenters. The van der Waals surface area contributed by atoms with E-state index >= 15 is 0 Å². The highest BCUT2D eigenvalue weighted by atomic mass is 16.5. The van der Waals surface area contributed by atoms with Crippen LogP contribution in [-0.4, -0.2) is 101 Å². The van der Waals surface area contributed by atoms with Crippen molar-refractivity contribution in [3.05, 3.63) is 0 Å². The molecular weight excluding hydrogens is 316 g/mol. The largest absolute Gasteiger partial charge is 0.379 e. The van der Waals surface area contributed by atoms with Crippen molar-refractivity contribution < 1.29 is 9.47 Å². The van der Waals surface area contributed by atoms with Crippen LogP contribution >= 0.6 is 0 Å². The minimum Gasteiger partial charge on any atom is -0.379 e. The van der Waals surface area contributed by atoms with Crippen molar-refractivity contribution in [2.45, 2.75) is 33.7 Å². The average molecular weight is 359 g/mol. The minimum atomic E-state index is 0.539. The van der Waals surface area contributed by atoms with Crippen LogP contribution in [0, 0.1) is 5.92 Å². The third-order valence-electron chi connectivity index (χ3n) is 4.34. The van der Waals surface area contributed by atoms with Crippen LogP contribution in [0.5, 0.6) is 0 Å². The predicted octanol–water partition coefficient (Wildman–Crippen LogP) is 0.881. The van der Waals surface area contributed by atoms with Crippen molar-refractivity contribution >= 4 is 0 Å². The molecule has 1 rings (SSSR count). The number of ether oxygens (including phenoxy) is 2. The zero-order valence-electron chi connectivity index (χ0n) is 17.1. The lowest BCUT2D eigenvalue weighted by Crippen LogP contribution is -2.48. The Morgan fingerprint density at radius 3 is 1.76 bits per heavy atom. The summed E-state index contributed by atoms with van der Waals surface area (Å²) in [4.78, 5) is 5.01. The van der Waals surface area contributed by atoms with E-state index in [0.29, 0.717) is 12.0 Å². The smallest absolute Gasteiger partial charge is 0.0594 e. The van der Waals surface area contributed by atoms with Crippen molar-refractivity contribution in [2.24, 2.45) is 5.92 Å². The molecule has 0 aromatic rings. The van der Waals surface area contributed by atoms with E-state index in [1.807, 2.05) is 0 Å². The van der Waals surface area contributed by atoms with Crippen LogP contribution in [0.3, 0.4) is 0 Å². The van der Waals surface area contributed by atoms with Gasteiger partial charge in [0.25, 0.3) is 0 Å². The van der Waals surface area contributed by atoms with Gasteiger partial charge in [-0.15, -0.1) is 0 Å². The molecule has 6 nitrogen and oxygen atoms in total. The molecule has 1 aliphatic rings. The zero-order valence-corrected chi connectivity index (χ0v) is 17.1. The zero-order chi connectivity index (χ0) is 18.3. The maximum Gasteiger partial charge on any atom is 0.0594 e. The highest BCUT2D eigenvalue weighted by molar-refractivity contribution is 4.71. The molecule has 0 spiro atoms. The molecule has 6 heteroatoms. The van der Waals surface area contributed by atoms with Crippen LogP contribution < -0.4 is 10.6 Å². The maximum atomic E-state index is 5.72. The van der Waals surface area contributed by atoms with E-state index in [1.54, 1.807) is 0 Å². The van der Waals surface area contributed by atoms with Crippen molar-refractivity contribution in [1.82, 2.24) is 20.4 Å². The van der Waals surface area contributed by atoms with Gasteiger partial charge in [-0.3, -0.25) is 9.80 Å². The van der Waals surface area contributed by atoms with E-state index in [2.05, 4.69) is 48.1 Å². The van der Waals surface area contributed by atoms with Gasteiger partial charge in [0.05, 0.1) is 26.4 Å². The highest BCUT2D eigenvalue weighted by Crippen LogP contribution is 2.01. The molecule has 1 fully saturated rings. The molecule has 0 aliphatic carbocycles. The number of hydrogen-bond acceptors (Lipinski definition) is 6. The summed E-state index contributed by atoms with van der Waals surface area (Å²) >= 11 is 0. The van der Waals surface area contributed by atoms with Gasteiger partial charge in [0.2, 0.25) is 0 Å². The van der Waals surface area contributed by atoms with Crippen molar-refractivity contribution in [3.63, 3.8) is 0 Å². The summed E-state index contributed by atoms with van der Waals surface area (Å²) in [5.74, 6) is 0.707. The Kier molecular flexibility index (Phi) is 13.6. The summed E-state index contributed by atoms with van der Waals surface area (Å²) in [6.45, 7) is 21.7. The first-order valence-corrected chi connectivity index (χ1v) is 10.1. The molecule has 1 saturated heterocycles. The van der Waals surface area contributed by atoms with Gasteiger partial charge in [0.1, 0.15) is 0 Å². The first kappa shape index (κ1) is 22.8. The Hall–Kier alpha value is -0.240. The Balaban J connectivity index is 1.87. The Morgan fingerprint density at radius 2 is 1.28 bits per heavy atom. The second-order valence-corrected chi connectivity index (χ2v) is 7.61. The fourth-order valence-electron chi connectivity index (χ4n) is 2.78. The number of rotatable bonds is 15. The SMILES string of the molecule is CC(C)CNCCOCCN1CCN(CCOCCNC(C)C)CC1. The normalized spacial score (nSPS) is 17.0. The van der Waals surface area contributed by atoms with E-state index in [0.717, 1.165) is 85.3 Å². The van der Waals surface area contributed by atoms with Crippen molar-refractivity contribution in [1.29, 1.82) is 0 Å². The molecule has 0 aromatic heterocycles. The second kappa shape index (κ2) is 14.9. The third kappa shape index (κ3) is 13.6.